The van der Waals surface area contributed by atoms with Gasteiger partial charge < -0.3 is 10.2 Å². The number of carbonyl (C=O) groups excluding carboxylic acids is 2. The van der Waals surface area contributed by atoms with Crippen LogP contribution in [0.5, 0.6) is 0 Å². The van der Waals surface area contributed by atoms with E-state index in [1.807, 2.05) is 0 Å². The highest BCUT2D eigenvalue weighted by Gasteiger charge is 2.32. The lowest BCUT2D eigenvalue weighted by atomic mass is 10.1. The second-order valence-electron chi connectivity index (χ2n) is 8.48. The molecular formula is C27H29Cl2N3O4S. The highest BCUT2D eigenvalue weighted by Crippen LogP contribution is 2.28. The molecule has 37 heavy (non-hydrogen) atoms. The van der Waals surface area contributed by atoms with Crippen molar-refractivity contribution in [1.29, 1.82) is 0 Å². The van der Waals surface area contributed by atoms with Crippen molar-refractivity contribution in [3.63, 3.8) is 0 Å². The first-order valence-electron chi connectivity index (χ1n) is 11.7. The summed E-state index contributed by atoms with van der Waals surface area (Å²) in [6.07, 6.45) is 0. The zero-order valence-corrected chi connectivity index (χ0v) is 23.1. The van der Waals surface area contributed by atoms with Gasteiger partial charge in [0.05, 0.1) is 10.6 Å². The van der Waals surface area contributed by atoms with Crippen molar-refractivity contribution in [2.45, 2.75) is 38.3 Å². The number of nitrogens with zero attached hydrogens (tertiary/aromatic N) is 2. The minimum absolute atomic E-state index is 0.0256. The lowest BCUT2D eigenvalue weighted by Crippen LogP contribution is -2.51. The maximum atomic E-state index is 13.8. The number of sulfonamides is 1. The molecule has 0 saturated heterocycles. The topological polar surface area (TPSA) is 86.8 Å². The maximum absolute atomic E-state index is 13.8. The summed E-state index contributed by atoms with van der Waals surface area (Å²) < 4.78 is 28.4. The van der Waals surface area contributed by atoms with E-state index >= 15 is 0 Å². The van der Waals surface area contributed by atoms with Gasteiger partial charge in [0, 0.05) is 23.1 Å². The molecule has 0 unspecified atom stereocenters. The lowest BCUT2D eigenvalue weighted by molar-refractivity contribution is -0.139. The molecule has 0 aliphatic carbocycles. The molecule has 0 saturated carbocycles. The molecule has 7 nitrogen and oxygen atoms in total. The molecule has 1 N–H and O–H groups in total. The molecule has 196 valence electrons. The number of halogens is 2. The van der Waals surface area contributed by atoms with E-state index < -0.39 is 28.5 Å². The van der Waals surface area contributed by atoms with Crippen molar-refractivity contribution >= 4 is 50.7 Å². The summed E-state index contributed by atoms with van der Waals surface area (Å²) in [5, 5.41) is 3.57. The fourth-order valence-corrected chi connectivity index (χ4v) is 5.54. The van der Waals surface area contributed by atoms with Crippen LogP contribution in [0.1, 0.15) is 25.0 Å². The van der Waals surface area contributed by atoms with Gasteiger partial charge in [-0.3, -0.25) is 13.9 Å². The highest BCUT2D eigenvalue weighted by atomic mass is 35.5. The third-order valence-corrected chi connectivity index (χ3v) is 8.24. The van der Waals surface area contributed by atoms with Crippen LogP contribution < -0.4 is 9.62 Å². The third kappa shape index (κ3) is 7.03. The third-order valence-electron chi connectivity index (χ3n) is 5.81. The number of hydrogen-bond acceptors (Lipinski definition) is 4. The number of nitrogens with one attached hydrogen (secondary N) is 1. The summed E-state index contributed by atoms with van der Waals surface area (Å²) in [4.78, 5) is 27.9. The average molecular weight is 563 g/mol. The van der Waals surface area contributed by atoms with Crippen LogP contribution in [0.4, 0.5) is 5.69 Å². The standard InChI is InChI=1S/C27H29Cl2N3O4S/c1-4-30-27(34)20(3)31(17-21-9-8-10-22(28)15-21)26(33)18-32(23-14-13-19(2)25(29)16-23)37(35,36)24-11-6-5-7-12-24/h5-16,20H,4,17-18H2,1-3H3,(H,30,34)/t20-/m0/s1. The Morgan fingerprint density at radius 1 is 0.973 bits per heavy atom. The number of likely N-dealkylation sites (N-methyl/N-ethyl adjacent to an activating group) is 1. The number of amides is 2. The summed E-state index contributed by atoms with van der Waals surface area (Å²) in [5.41, 5.74) is 1.70. The molecule has 0 aromatic heterocycles. The van der Waals surface area contributed by atoms with Crippen molar-refractivity contribution in [2.75, 3.05) is 17.4 Å². The second kappa shape index (κ2) is 12.4. The van der Waals surface area contributed by atoms with Gasteiger partial charge in [0.15, 0.2) is 0 Å². The van der Waals surface area contributed by atoms with Crippen LogP contribution in [0.25, 0.3) is 0 Å². The van der Waals surface area contributed by atoms with Crippen LogP contribution in [0.3, 0.4) is 0 Å². The first kappa shape index (κ1) is 28.5. The second-order valence-corrected chi connectivity index (χ2v) is 11.2. The molecule has 0 spiro atoms. The van der Waals surface area contributed by atoms with E-state index in [0.717, 1.165) is 9.87 Å². The van der Waals surface area contributed by atoms with Gasteiger partial charge in [-0.1, -0.05) is 59.6 Å². The van der Waals surface area contributed by atoms with Gasteiger partial charge in [-0.25, -0.2) is 8.42 Å². The van der Waals surface area contributed by atoms with E-state index in [1.54, 1.807) is 75.4 Å². The molecule has 0 aliphatic heterocycles. The Labute approximate surface area is 228 Å². The summed E-state index contributed by atoms with van der Waals surface area (Å²) in [6, 6.07) is 18.7. The minimum Gasteiger partial charge on any atom is -0.355 e. The number of carbonyl (C=O) groups is 2. The number of anilines is 1. The predicted molar refractivity (Wildman–Crippen MR) is 147 cm³/mol. The number of aryl methyl sites for hydroxylation is 1. The first-order valence-corrected chi connectivity index (χ1v) is 13.9. The van der Waals surface area contributed by atoms with Crippen LogP contribution in [0.2, 0.25) is 10.0 Å². The SMILES string of the molecule is CCNC(=O)[C@H](C)N(Cc1cccc(Cl)c1)C(=O)CN(c1ccc(C)c(Cl)c1)S(=O)(=O)c1ccccc1. The van der Waals surface area contributed by atoms with Crippen molar-refractivity contribution in [3.8, 4) is 0 Å². The van der Waals surface area contributed by atoms with Crippen LogP contribution in [0.15, 0.2) is 77.7 Å². The fraction of sp³-hybridized carbons (Fsp3) is 0.259. The smallest absolute Gasteiger partial charge is 0.264 e. The van der Waals surface area contributed by atoms with E-state index in [0.29, 0.717) is 22.2 Å². The summed E-state index contributed by atoms with van der Waals surface area (Å²) in [6.45, 7) is 5.09. The van der Waals surface area contributed by atoms with Crippen molar-refractivity contribution < 1.29 is 18.0 Å². The van der Waals surface area contributed by atoms with Crippen LogP contribution >= 0.6 is 23.2 Å². The molecule has 0 fully saturated rings. The van der Waals surface area contributed by atoms with Gasteiger partial charge in [-0.15, -0.1) is 0 Å². The number of hydrogen-bond donors (Lipinski definition) is 1. The largest absolute Gasteiger partial charge is 0.355 e. The van der Waals surface area contributed by atoms with E-state index in [2.05, 4.69) is 5.32 Å². The van der Waals surface area contributed by atoms with E-state index in [9.17, 15) is 18.0 Å². The van der Waals surface area contributed by atoms with E-state index in [4.69, 9.17) is 23.2 Å². The Balaban J connectivity index is 2.04. The summed E-state index contributed by atoms with van der Waals surface area (Å²) in [5.74, 6) is -0.913. The van der Waals surface area contributed by atoms with Crippen molar-refractivity contribution in [3.05, 3.63) is 94.0 Å². The van der Waals surface area contributed by atoms with Crippen LogP contribution in [0, 0.1) is 6.92 Å². The van der Waals surface area contributed by atoms with Crippen molar-refractivity contribution in [2.24, 2.45) is 0 Å². The Bertz CT molecular complexity index is 1370. The monoisotopic (exact) mass is 561 g/mol. The molecule has 3 rings (SSSR count). The summed E-state index contributed by atoms with van der Waals surface area (Å²) in [7, 11) is -4.14. The molecule has 0 heterocycles. The quantitative estimate of drug-likeness (QED) is 0.375. The molecule has 10 heteroatoms. The molecule has 0 bridgehead atoms. The maximum Gasteiger partial charge on any atom is 0.264 e. The fourth-order valence-electron chi connectivity index (χ4n) is 3.72. The van der Waals surface area contributed by atoms with Gasteiger partial charge in [0.2, 0.25) is 11.8 Å². The van der Waals surface area contributed by atoms with Gasteiger partial charge in [-0.05, 0) is 68.3 Å². The number of benzene rings is 3. The molecule has 0 radical (unpaired) electrons. The predicted octanol–water partition coefficient (Wildman–Crippen LogP) is 5.05. The Kier molecular flexibility index (Phi) is 9.59. The molecule has 3 aromatic rings. The zero-order valence-electron chi connectivity index (χ0n) is 20.8. The average Bonchev–Trinajstić information content (AvgIpc) is 2.87. The molecule has 1 atom stereocenters. The van der Waals surface area contributed by atoms with Gasteiger partial charge in [0.1, 0.15) is 12.6 Å². The minimum atomic E-state index is -4.14. The van der Waals surface area contributed by atoms with Gasteiger partial charge >= 0.3 is 0 Å². The van der Waals surface area contributed by atoms with E-state index in [1.165, 1.54) is 23.1 Å². The Morgan fingerprint density at radius 3 is 2.30 bits per heavy atom. The molecular weight excluding hydrogens is 533 g/mol. The molecule has 2 amide bonds. The van der Waals surface area contributed by atoms with Crippen molar-refractivity contribution in [1.82, 2.24) is 10.2 Å². The zero-order chi connectivity index (χ0) is 27.2. The summed E-state index contributed by atoms with van der Waals surface area (Å²) >= 11 is 12.5. The number of rotatable bonds is 10. The van der Waals surface area contributed by atoms with Gasteiger partial charge in [-0.2, -0.15) is 0 Å². The Hall–Kier alpha value is -3.07. The highest BCUT2D eigenvalue weighted by molar-refractivity contribution is 7.92. The normalized spacial score (nSPS) is 12.0. The van der Waals surface area contributed by atoms with Crippen LogP contribution in [-0.4, -0.2) is 44.3 Å². The molecule has 3 aromatic carbocycles. The Morgan fingerprint density at radius 2 is 1.68 bits per heavy atom. The lowest BCUT2D eigenvalue weighted by Gasteiger charge is -2.32. The molecule has 0 aliphatic rings. The van der Waals surface area contributed by atoms with Crippen LogP contribution in [-0.2, 0) is 26.2 Å². The van der Waals surface area contributed by atoms with E-state index in [-0.39, 0.29) is 23.0 Å². The van der Waals surface area contributed by atoms with Gasteiger partial charge in [0.25, 0.3) is 10.0 Å². The first-order chi connectivity index (χ1) is 17.5.